The number of fused-ring (bicyclic) bond motifs is 1. The molecule has 0 saturated heterocycles. The largest absolute Gasteiger partial charge is 0.320 e. The van der Waals surface area contributed by atoms with Crippen molar-refractivity contribution in [3.8, 4) is 11.8 Å². The number of nitrogens with one attached hydrogen (secondary N) is 2. The number of carbonyl (C=O) groups is 1. The molecule has 114 valence electrons. The molecule has 0 radical (unpaired) electrons. The molecule has 1 fully saturated rings. The minimum absolute atomic E-state index is 0.250. The maximum Gasteiger partial charge on any atom is 0.320 e. The Bertz CT molecular complexity index is 839. The second-order valence-electron chi connectivity index (χ2n) is 5.69. The van der Waals surface area contributed by atoms with Gasteiger partial charge in [0, 0.05) is 28.7 Å². The van der Waals surface area contributed by atoms with Crippen molar-refractivity contribution >= 4 is 23.3 Å². The zero-order chi connectivity index (χ0) is 15.9. The summed E-state index contributed by atoms with van der Waals surface area (Å²) < 4.78 is 0. The lowest BCUT2D eigenvalue weighted by atomic mass is 9.83. The Morgan fingerprint density at radius 1 is 1.30 bits per heavy atom. The maximum atomic E-state index is 12.1. The molecule has 5 nitrogen and oxygen atoms in total. The summed E-state index contributed by atoms with van der Waals surface area (Å²) in [5.41, 5.74) is 1.49. The van der Waals surface area contributed by atoms with E-state index in [0.717, 1.165) is 24.1 Å². The van der Waals surface area contributed by atoms with Crippen molar-refractivity contribution < 1.29 is 4.79 Å². The van der Waals surface area contributed by atoms with Gasteiger partial charge in [-0.1, -0.05) is 17.5 Å². The van der Waals surface area contributed by atoms with Crippen LogP contribution >= 0.6 is 11.6 Å². The van der Waals surface area contributed by atoms with Crippen molar-refractivity contribution in [3.05, 3.63) is 53.1 Å². The normalized spacial score (nSPS) is 22.2. The monoisotopic (exact) mass is 324 g/mol. The van der Waals surface area contributed by atoms with Gasteiger partial charge in [-0.25, -0.2) is 9.78 Å². The van der Waals surface area contributed by atoms with Gasteiger partial charge in [0.15, 0.2) is 0 Å². The molecular formula is C17H13ClN4O. The van der Waals surface area contributed by atoms with E-state index in [1.54, 1.807) is 24.7 Å². The van der Waals surface area contributed by atoms with Crippen molar-refractivity contribution in [2.24, 2.45) is 5.92 Å². The zero-order valence-corrected chi connectivity index (χ0v) is 12.9. The van der Waals surface area contributed by atoms with Gasteiger partial charge >= 0.3 is 6.03 Å². The Balaban J connectivity index is 1.87. The topological polar surface area (TPSA) is 66.9 Å². The van der Waals surface area contributed by atoms with E-state index < -0.39 is 5.54 Å². The van der Waals surface area contributed by atoms with Crippen LogP contribution in [0.5, 0.6) is 0 Å². The minimum Gasteiger partial charge on any atom is -0.317 e. The molecule has 1 saturated carbocycles. The van der Waals surface area contributed by atoms with Gasteiger partial charge in [-0.05, 0) is 42.9 Å². The van der Waals surface area contributed by atoms with Crippen LogP contribution in [-0.4, -0.2) is 16.0 Å². The first-order valence-corrected chi connectivity index (χ1v) is 7.73. The van der Waals surface area contributed by atoms with Gasteiger partial charge in [-0.15, -0.1) is 0 Å². The number of rotatable bonds is 1. The molecule has 1 unspecified atom stereocenters. The predicted octanol–water partition coefficient (Wildman–Crippen LogP) is 2.92. The molecular weight excluding hydrogens is 312 g/mol. The summed E-state index contributed by atoms with van der Waals surface area (Å²) in [7, 11) is 0. The van der Waals surface area contributed by atoms with E-state index in [9.17, 15) is 4.79 Å². The van der Waals surface area contributed by atoms with E-state index in [1.807, 2.05) is 12.1 Å². The third kappa shape index (κ3) is 2.51. The number of urea groups is 1. The van der Waals surface area contributed by atoms with Gasteiger partial charge in [-0.3, -0.25) is 4.98 Å². The summed E-state index contributed by atoms with van der Waals surface area (Å²) in [5.74, 6) is 6.57. The minimum atomic E-state index is -0.736. The van der Waals surface area contributed by atoms with Gasteiger partial charge in [0.05, 0.1) is 6.20 Å². The Labute approximate surface area is 138 Å². The molecule has 4 rings (SSSR count). The lowest BCUT2D eigenvalue weighted by Crippen LogP contribution is -2.52. The predicted molar refractivity (Wildman–Crippen MR) is 86.9 cm³/mol. The van der Waals surface area contributed by atoms with Crippen LogP contribution in [0.25, 0.3) is 0 Å². The van der Waals surface area contributed by atoms with Crippen LogP contribution in [0.3, 0.4) is 0 Å². The van der Waals surface area contributed by atoms with Gasteiger partial charge in [-0.2, -0.15) is 0 Å². The second-order valence-corrected chi connectivity index (χ2v) is 6.13. The lowest BCUT2D eigenvalue weighted by molar-refractivity contribution is 0.238. The van der Waals surface area contributed by atoms with E-state index >= 15 is 0 Å². The van der Waals surface area contributed by atoms with Gasteiger partial charge in [0.25, 0.3) is 0 Å². The SMILES string of the molecule is O=C1Nc2ccc(Cl)cc2C(C#Cc2cnccn2)(C2CC2)N1. The Hall–Kier alpha value is -2.58. The van der Waals surface area contributed by atoms with Crippen LogP contribution in [-0.2, 0) is 5.54 Å². The van der Waals surface area contributed by atoms with Crippen LogP contribution in [0.2, 0.25) is 5.02 Å². The molecule has 6 heteroatoms. The molecule has 2 aliphatic rings. The average molecular weight is 325 g/mol. The molecule has 1 atom stereocenters. The number of aromatic nitrogens is 2. The molecule has 0 spiro atoms. The van der Waals surface area contributed by atoms with Crippen molar-refractivity contribution in [2.75, 3.05) is 5.32 Å². The van der Waals surface area contributed by atoms with Crippen LogP contribution in [0.1, 0.15) is 24.1 Å². The number of carbonyl (C=O) groups excluding carboxylic acids is 1. The summed E-state index contributed by atoms with van der Waals surface area (Å²) in [6.45, 7) is 0. The molecule has 23 heavy (non-hydrogen) atoms. The number of halogens is 1. The Morgan fingerprint density at radius 2 is 2.17 bits per heavy atom. The fraction of sp³-hybridized carbons (Fsp3) is 0.235. The smallest absolute Gasteiger partial charge is 0.317 e. The molecule has 1 aliphatic heterocycles. The highest BCUT2D eigenvalue weighted by atomic mass is 35.5. The first kappa shape index (κ1) is 14.0. The fourth-order valence-electron chi connectivity index (χ4n) is 2.92. The third-order valence-corrected chi connectivity index (χ3v) is 4.34. The van der Waals surface area contributed by atoms with Crippen LogP contribution in [0.4, 0.5) is 10.5 Å². The van der Waals surface area contributed by atoms with Crippen molar-refractivity contribution in [3.63, 3.8) is 0 Å². The van der Waals surface area contributed by atoms with E-state index in [4.69, 9.17) is 11.6 Å². The summed E-state index contributed by atoms with van der Waals surface area (Å²) in [6.07, 6.45) is 6.83. The van der Waals surface area contributed by atoms with Crippen LogP contribution in [0.15, 0.2) is 36.8 Å². The first-order chi connectivity index (χ1) is 11.2. The van der Waals surface area contributed by atoms with Crippen molar-refractivity contribution in [2.45, 2.75) is 18.4 Å². The molecule has 2 heterocycles. The quantitative estimate of drug-likeness (QED) is 0.793. The number of hydrogen-bond acceptors (Lipinski definition) is 3. The maximum absolute atomic E-state index is 12.1. The Kier molecular flexibility index (Phi) is 3.21. The highest BCUT2D eigenvalue weighted by Crippen LogP contribution is 2.49. The zero-order valence-electron chi connectivity index (χ0n) is 12.1. The number of amides is 2. The average Bonchev–Trinajstić information content (AvgIpc) is 3.39. The Morgan fingerprint density at radius 3 is 2.91 bits per heavy atom. The molecule has 0 bridgehead atoms. The van der Waals surface area contributed by atoms with Crippen LogP contribution < -0.4 is 10.6 Å². The first-order valence-electron chi connectivity index (χ1n) is 7.36. The highest BCUT2D eigenvalue weighted by Gasteiger charge is 2.50. The van der Waals surface area contributed by atoms with Gasteiger partial charge in [0.1, 0.15) is 11.2 Å². The van der Waals surface area contributed by atoms with Crippen molar-refractivity contribution in [1.29, 1.82) is 0 Å². The fourth-order valence-corrected chi connectivity index (χ4v) is 3.09. The summed E-state index contributed by atoms with van der Waals surface area (Å²) >= 11 is 6.17. The third-order valence-electron chi connectivity index (χ3n) is 4.11. The lowest BCUT2D eigenvalue weighted by Gasteiger charge is -2.36. The van der Waals surface area contributed by atoms with Crippen LogP contribution in [0, 0.1) is 17.8 Å². The summed E-state index contributed by atoms with van der Waals surface area (Å²) in [4.78, 5) is 20.3. The van der Waals surface area contributed by atoms with E-state index in [0.29, 0.717) is 10.7 Å². The van der Waals surface area contributed by atoms with E-state index in [-0.39, 0.29) is 11.9 Å². The molecule has 2 N–H and O–H groups in total. The number of nitrogens with zero attached hydrogens (tertiary/aromatic N) is 2. The number of hydrogen-bond donors (Lipinski definition) is 2. The number of benzene rings is 1. The highest BCUT2D eigenvalue weighted by molar-refractivity contribution is 6.30. The van der Waals surface area contributed by atoms with Gasteiger partial charge in [0.2, 0.25) is 0 Å². The summed E-state index contributed by atoms with van der Waals surface area (Å²) in [6, 6.07) is 5.20. The molecule has 2 amide bonds. The number of anilines is 1. The second kappa shape index (κ2) is 5.25. The standard InChI is InChI=1S/C17H13ClN4O/c18-12-3-4-15-14(9-12)17(11-1-2-11,22-16(23)21-15)6-5-13-10-19-7-8-20-13/h3-4,7-11H,1-2H2,(H2,21,22,23). The summed E-state index contributed by atoms with van der Waals surface area (Å²) in [5, 5.41) is 6.45. The van der Waals surface area contributed by atoms with E-state index in [1.165, 1.54) is 0 Å². The molecule has 1 aromatic heterocycles. The molecule has 1 aromatic carbocycles. The molecule has 1 aliphatic carbocycles. The van der Waals surface area contributed by atoms with Gasteiger partial charge < -0.3 is 10.6 Å². The molecule has 2 aromatic rings. The van der Waals surface area contributed by atoms with Crippen molar-refractivity contribution in [1.82, 2.24) is 15.3 Å². The van der Waals surface area contributed by atoms with E-state index in [2.05, 4.69) is 32.4 Å².